The third-order valence-electron chi connectivity index (χ3n) is 2.58. The molecule has 94 valence electrons. The molecule has 2 heteroatoms. The van der Waals surface area contributed by atoms with Gasteiger partial charge in [-0.25, -0.2) is 0 Å². The molecule has 1 atom stereocenters. The second-order valence-electron chi connectivity index (χ2n) is 4.85. The number of nitrogens with zero attached hydrogens (tertiary/aromatic N) is 1. The first-order chi connectivity index (χ1) is 6.95. The number of aliphatic hydroxyl groups excluding tert-OH is 1. The van der Waals surface area contributed by atoms with Gasteiger partial charge in [-0.3, -0.25) is 0 Å². The summed E-state index contributed by atoms with van der Waals surface area (Å²) in [6.45, 7) is 11.9. The predicted octanol–water partition coefficient (Wildman–Crippen LogP) is 3.01. The van der Waals surface area contributed by atoms with Crippen LogP contribution in [0.4, 0.5) is 0 Å². The van der Waals surface area contributed by atoms with Crippen LogP contribution in [0.2, 0.25) is 0 Å². The zero-order chi connectivity index (χ0) is 12.5. The van der Waals surface area contributed by atoms with E-state index in [0.29, 0.717) is 12.5 Å². The van der Waals surface area contributed by atoms with Crippen LogP contribution in [0.3, 0.4) is 0 Å². The van der Waals surface area contributed by atoms with Crippen molar-refractivity contribution < 1.29 is 5.11 Å². The van der Waals surface area contributed by atoms with Crippen LogP contribution in [0.15, 0.2) is 0 Å². The van der Waals surface area contributed by atoms with Gasteiger partial charge in [0, 0.05) is 18.6 Å². The Balaban J connectivity index is 0. The van der Waals surface area contributed by atoms with Gasteiger partial charge in [0.2, 0.25) is 0 Å². The van der Waals surface area contributed by atoms with Crippen molar-refractivity contribution in [2.45, 2.75) is 47.5 Å². The molecule has 0 aromatic rings. The minimum atomic E-state index is 0.109. The maximum Gasteiger partial charge on any atom is 0.0499 e. The highest BCUT2D eigenvalue weighted by atomic mass is 16.3. The van der Waals surface area contributed by atoms with Crippen LogP contribution in [0, 0.1) is 11.3 Å². The Morgan fingerprint density at radius 3 is 1.87 bits per heavy atom. The molecule has 0 bridgehead atoms. The van der Waals surface area contributed by atoms with Crippen LogP contribution in [-0.2, 0) is 0 Å². The summed E-state index contributed by atoms with van der Waals surface area (Å²) in [7, 11) is 4.14. The summed E-state index contributed by atoms with van der Waals surface area (Å²) in [5.41, 5.74) is 0.109. The lowest BCUT2D eigenvalue weighted by atomic mass is 9.78. The van der Waals surface area contributed by atoms with Gasteiger partial charge in [-0.2, -0.15) is 0 Å². The molecule has 2 nitrogen and oxygen atoms in total. The Morgan fingerprint density at radius 2 is 1.67 bits per heavy atom. The summed E-state index contributed by atoms with van der Waals surface area (Å²) >= 11 is 0. The van der Waals surface area contributed by atoms with E-state index < -0.39 is 0 Å². The van der Waals surface area contributed by atoms with E-state index in [2.05, 4.69) is 39.8 Å². The van der Waals surface area contributed by atoms with Crippen molar-refractivity contribution in [2.75, 3.05) is 27.2 Å². The van der Waals surface area contributed by atoms with Crippen molar-refractivity contribution in [3.05, 3.63) is 0 Å². The van der Waals surface area contributed by atoms with Gasteiger partial charge in [0.25, 0.3) is 0 Å². The van der Waals surface area contributed by atoms with Crippen molar-refractivity contribution in [3.8, 4) is 0 Å². The van der Waals surface area contributed by atoms with Crippen LogP contribution in [0.5, 0.6) is 0 Å². The first-order valence-corrected chi connectivity index (χ1v) is 6.21. The Bertz CT molecular complexity index is 116. The van der Waals surface area contributed by atoms with E-state index in [9.17, 15) is 5.11 Å². The molecule has 0 aliphatic carbocycles. The van der Waals surface area contributed by atoms with Crippen molar-refractivity contribution >= 4 is 0 Å². The van der Waals surface area contributed by atoms with Gasteiger partial charge in [0.15, 0.2) is 0 Å². The van der Waals surface area contributed by atoms with E-state index in [-0.39, 0.29) is 5.41 Å². The zero-order valence-electron chi connectivity index (χ0n) is 11.8. The SMILES string of the molecule is CC.CCC(CO)(CC(C)C)CN(C)C. The summed E-state index contributed by atoms with van der Waals surface area (Å²) in [4.78, 5) is 2.17. The number of rotatable bonds is 6. The molecular weight excluding hydrogens is 186 g/mol. The van der Waals surface area contributed by atoms with Gasteiger partial charge in [-0.1, -0.05) is 34.6 Å². The van der Waals surface area contributed by atoms with Gasteiger partial charge in [0.1, 0.15) is 0 Å². The van der Waals surface area contributed by atoms with Crippen molar-refractivity contribution in [1.82, 2.24) is 4.90 Å². The maximum atomic E-state index is 9.45. The smallest absolute Gasteiger partial charge is 0.0499 e. The third-order valence-corrected chi connectivity index (χ3v) is 2.58. The number of aliphatic hydroxyl groups is 1. The molecule has 1 N–H and O–H groups in total. The highest BCUT2D eigenvalue weighted by Crippen LogP contribution is 2.30. The molecule has 0 saturated heterocycles. The lowest BCUT2D eigenvalue weighted by Gasteiger charge is -2.35. The fourth-order valence-corrected chi connectivity index (χ4v) is 2.08. The first kappa shape index (κ1) is 17.3. The van der Waals surface area contributed by atoms with Gasteiger partial charge in [-0.15, -0.1) is 0 Å². The van der Waals surface area contributed by atoms with Crippen LogP contribution >= 0.6 is 0 Å². The average Bonchev–Trinajstić information content (AvgIpc) is 2.18. The van der Waals surface area contributed by atoms with Gasteiger partial charge in [-0.05, 0) is 32.9 Å². The Kier molecular flexibility index (Phi) is 10.6. The van der Waals surface area contributed by atoms with Gasteiger partial charge >= 0.3 is 0 Å². The van der Waals surface area contributed by atoms with E-state index in [0.717, 1.165) is 19.4 Å². The number of hydrogen-bond acceptors (Lipinski definition) is 2. The van der Waals surface area contributed by atoms with Crippen molar-refractivity contribution in [1.29, 1.82) is 0 Å². The van der Waals surface area contributed by atoms with E-state index in [1.807, 2.05) is 13.8 Å². The highest BCUT2D eigenvalue weighted by molar-refractivity contribution is 4.80. The van der Waals surface area contributed by atoms with Gasteiger partial charge < -0.3 is 10.0 Å². The molecule has 15 heavy (non-hydrogen) atoms. The summed E-state index contributed by atoms with van der Waals surface area (Å²) in [6, 6.07) is 0. The molecule has 0 heterocycles. The average molecular weight is 217 g/mol. The fourth-order valence-electron chi connectivity index (χ4n) is 2.08. The minimum Gasteiger partial charge on any atom is -0.396 e. The molecular formula is C13H31NO. The summed E-state index contributed by atoms with van der Waals surface area (Å²) < 4.78 is 0. The van der Waals surface area contributed by atoms with Crippen LogP contribution < -0.4 is 0 Å². The molecule has 0 aliphatic rings. The second kappa shape index (κ2) is 9.17. The standard InChI is InChI=1S/C11H25NO.C2H6/c1-6-11(9-13,7-10(2)3)8-12(4)5;1-2/h10,13H,6-9H2,1-5H3;1-2H3. The third kappa shape index (κ3) is 7.80. The predicted molar refractivity (Wildman–Crippen MR) is 69.2 cm³/mol. The zero-order valence-corrected chi connectivity index (χ0v) is 11.8. The van der Waals surface area contributed by atoms with Crippen LogP contribution in [-0.4, -0.2) is 37.3 Å². The molecule has 0 aromatic carbocycles. The maximum absolute atomic E-state index is 9.45. The Labute approximate surface area is 96.7 Å². The summed E-state index contributed by atoms with van der Waals surface area (Å²) in [5.74, 6) is 0.659. The normalized spacial score (nSPS) is 14.8. The lowest BCUT2D eigenvalue weighted by Crippen LogP contribution is -2.37. The van der Waals surface area contributed by atoms with E-state index >= 15 is 0 Å². The summed E-state index contributed by atoms with van der Waals surface area (Å²) in [6.07, 6.45) is 2.16. The highest BCUT2D eigenvalue weighted by Gasteiger charge is 2.28. The minimum absolute atomic E-state index is 0.109. The van der Waals surface area contributed by atoms with Crippen molar-refractivity contribution in [2.24, 2.45) is 11.3 Å². The molecule has 1 unspecified atom stereocenters. The Hall–Kier alpha value is -0.0800. The van der Waals surface area contributed by atoms with Crippen molar-refractivity contribution in [3.63, 3.8) is 0 Å². The lowest BCUT2D eigenvalue weighted by molar-refractivity contribution is 0.0672. The topological polar surface area (TPSA) is 23.5 Å². The first-order valence-electron chi connectivity index (χ1n) is 6.21. The largest absolute Gasteiger partial charge is 0.396 e. The molecule has 0 aliphatic heterocycles. The van der Waals surface area contributed by atoms with E-state index in [1.165, 1.54) is 0 Å². The molecule has 0 saturated carbocycles. The number of hydrogen-bond donors (Lipinski definition) is 1. The molecule has 0 amide bonds. The fraction of sp³-hybridized carbons (Fsp3) is 1.00. The monoisotopic (exact) mass is 217 g/mol. The Morgan fingerprint density at radius 1 is 1.20 bits per heavy atom. The molecule has 0 rings (SSSR count). The molecule has 0 spiro atoms. The second-order valence-corrected chi connectivity index (χ2v) is 4.85. The van der Waals surface area contributed by atoms with E-state index in [4.69, 9.17) is 0 Å². The van der Waals surface area contributed by atoms with Gasteiger partial charge in [0.05, 0.1) is 0 Å². The summed E-state index contributed by atoms with van der Waals surface area (Å²) in [5, 5.41) is 9.45. The quantitative estimate of drug-likeness (QED) is 0.739. The van der Waals surface area contributed by atoms with Crippen LogP contribution in [0.1, 0.15) is 47.5 Å². The van der Waals surface area contributed by atoms with Crippen LogP contribution in [0.25, 0.3) is 0 Å². The van der Waals surface area contributed by atoms with E-state index in [1.54, 1.807) is 0 Å². The molecule has 0 fully saturated rings. The molecule has 0 aromatic heterocycles. The molecule has 0 radical (unpaired) electrons.